The van der Waals surface area contributed by atoms with E-state index < -0.39 is 0 Å². The Labute approximate surface area is 132 Å². The third-order valence-electron chi connectivity index (χ3n) is 3.73. The van der Waals surface area contributed by atoms with Gasteiger partial charge < -0.3 is 14.8 Å². The molecule has 4 rings (SSSR count). The highest BCUT2D eigenvalue weighted by Crippen LogP contribution is 2.41. The maximum Gasteiger partial charge on any atom is 0.251 e. The molecule has 0 unspecified atom stereocenters. The molecule has 1 saturated carbocycles. The van der Waals surface area contributed by atoms with Crippen LogP contribution in [-0.4, -0.2) is 24.1 Å². The third kappa shape index (κ3) is 2.78. The average Bonchev–Trinajstić information content (AvgIpc) is 3.31. The Morgan fingerprint density at radius 2 is 2.09 bits per heavy atom. The number of nitrogens with zero attached hydrogens (tertiary/aromatic N) is 1. The molecule has 1 aliphatic carbocycles. The summed E-state index contributed by atoms with van der Waals surface area (Å²) in [6.07, 6.45) is 2.49. The Bertz CT molecular complexity index is 709. The van der Waals surface area contributed by atoms with Crippen LogP contribution in [0.4, 0.5) is 0 Å². The first-order valence-corrected chi connectivity index (χ1v) is 8.30. The highest BCUT2D eigenvalue weighted by Gasteiger charge is 2.26. The fourth-order valence-corrected chi connectivity index (χ4v) is 3.37. The van der Waals surface area contributed by atoms with E-state index in [2.05, 4.69) is 10.3 Å². The van der Waals surface area contributed by atoms with Crippen molar-refractivity contribution in [3.63, 3.8) is 0 Å². The van der Waals surface area contributed by atoms with E-state index in [0.717, 1.165) is 5.69 Å². The second kappa shape index (κ2) is 5.61. The van der Waals surface area contributed by atoms with Gasteiger partial charge in [0.05, 0.1) is 17.2 Å². The van der Waals surface area contributed by atoms with Crippen LogP contribution in [0.1, 0.15) is 39.8 Å². The van der Waals surface area contributed by atoms with Crippen molar-refractivity contribution in [2.24, 2.45) is 0 Å². The van der Waals surface area contributed by atoms with Crippen molar-refractivity contribution in [1.82, 2.24) is 10.3 Å². The highest BCUT2D eigenvalue weighted by atomic mass is 32.1. The molecule has 1 N–H and O–H groups in total. The van der Waals surface area contributed by atoms with Crippen molar-refractivity contribution in [3.05, 3.63) is 39.8 Å². The van der Waals surface area contributed by atoms with Gasteiger partial charge in [-0.05, 0) is 31.0 Å². The summed E-state index contributed by atoms with van der Waals surface area (Å²) < 4.78 is 11.0. The molecule has 2 aromatic rings. The summed E-state index contributed by atoms with van der Waals surface area (Å²) in [7, 11) is 0. The molecule has 114 valence electrons. The lowest BCUT2D eigenvalue weighted by molar-refractivity contribution is 0.0949. The first-order valence-electron chi connectivity index (χ1n) is 7.42. The molecule has 0 bridgehead atoms. The summed E-state index contributed by atoms with van der Waals surface area (Å²) in [4.78, 5) is 16.8. The van der Waals surface area contributed by atoms with E-state index in [1.54, 1.807) is 29.5 Å². The summed E-state index contributed by atoms with van der Waals surface area (Å²) in [6, 6.07) is 5.25. The highest BCUT2D eigenvalue weighted by molar-refractivity contribution is 7.09. The Hall–Kier alpha value is -2.08. The Morgan fingerprint density at radius 3 is 2.91 bits per heavy atom. The van der Waals surface area contributed by atoms with Crippen molar-refractivity contribution >= 4 is 17.2 Å². The van der Waals surface area contributed by atoms with E-state index in [9.17, 15) is 4.79 Å². The van der Waals surface area contributed by atoms with Gasteiger partial charge in [0.15, 0.2) is 11.5 Å². The fraction of sp³-hybridized carbons (Fsp3) is 0.375. The maximum atomic E-state index is 12.2. The second-order valence-corrected chi connectivity index (χ2v) is 6.38. The molecule has 1 amide bonds. The number of hydrogen-bond donors (Lipinski definition) is 1. The van der Waals surface area contributed by atoms with Crippen LogP contribution in [0.3, 0.4) is 0 Å². The van der Waals surface area contributed by atoms with Crippen LogP contribution in [0.25, 0.3) is 0 Å². The SMILES string of the molecule is O=C(NCc1csc(C2CC2)n1)c1ccc2c(c1)OCCO2. The molecule has 2 heterocycles. The summed E-state index contributed by atoms with van der Waals surface area (Å²) in [6.45, 7) is 1.52. The molecule has 2 aliphatic rings. The largest absolute Gasteiger partial charge is 0.486 e. The molecule has 1 aromatic carbocycles. The van der Waals surface area contributed by atoms with Crippen molar-refractivity contribution in [3.8, 4) is 11.5 Å². The summed E-state index contributed by atoms with van der Waals surface area (Å²) in [5.41, 5.74) is 1.50. The molecule has 0 saturated heterocycles. The number of aromatic nitrogens is 1. The number of carbonyl (C=O) groups excluding carboxylic acids is 1. The minimum atomic E-state index is -0.127. The first kappa shape index (κ1) is 13.6. The van der Waals surface area contributed by atoms with E-state index >= 15 is 0 Å². The molecule has 22 heavy (non-hydrogen) atoms. The molecule has 0 radical (unpaired) electrons. The zero-order chi connectivity index (χ0) is 14.9. The monoisotopic (exact) mass is 316 g/mol. The summed E-state index contributed by atoms with van der Waals surface area (Å²) >= 11 is 1.69. The number of hydrogen-bond acceptors (Lipinski definition) is 5. The number of fused-ring (bicyclic) bond motifs is 1. The minimum absolute atomic E-state index is 0.127. The van der Waals surface area contributed by atoms with Gasteiger partial charge in [0.25, 0.3) is 5.91 Å². The van der Waals surface area contributed by atoms with Crippen LogP contribution in [0.5, 0.6) is 11.5 Å². The number of thiazole rings is 1. The second-order valence-electron chi connectivity index (χ2n) is 5.49. The minimum Gasteiger partial charge on any atom is -0.486 e. The van der Waals surface area contributed by atoms with Gasteiger partial charge in [0.2, 0.25) is 0 Å². The van der Waals surface area contributed by atoms with Crippen molar-refractivity contribution in [2.45, 2.75) is 25.3 Å². The molecule has 0 atom stereocenters. The molecule has 6 heteroatoms. The van der Waals surface area contributed by atoms with Crippen molar-refractivity contribution < 1.29 is 14.3 Å². The first-order chi connectivity index (χ1) is 10.8. The van der Waals surface area contributed by atoms with Gasteiger partial charge in [-0.25, -0.2) is 4.98 Å². The number of benzene rings is 1. The van der Waals surface area contributed by atoms with Crippen LogP contribution in [-0.2, 0) is 6.54 Å². The summed E-state index contributed by atoms with van der Waals surface area (Å²) in [5.74, 6) is 1.85. The van der Waals surface area contributed by atoms with Gasteiger partial charge in [-0.3, -0.25) is 4.79 Å². The summed E-state index contributed by atoms with van der Waals surface area (Å²) in [5, 5.41) is 6.13. The molecule has 1 aromatic heterocycles. The van der Waals surface area contributed by atoms with Crippen LogP contribution in [0, 0.1) is 0 Å². The van der Waals surface area contributed by atoms with E-state index in [1.165, 1.54) is 17.8 Å². The van der Waals surface area contributed by atoms with Crippen LogP contribution >= 0.6 is 11.3 Å². The smallest absolute Gasteiger partial charge is 0.251 e. The topological polar surface area (TPSA) is 60.5 Å². The lowest BCUT2D eigenvalue weighted by Crippen LogP contribution is -2.23. The average molecular weight is 316 g/mol. The zero-order valence-corrected chi connectivity index (χ0v) is 12.8. The Balaban J connectivity index is 1.40. The van der Waals surface area contributed by atoms with Crippen LogP contribution in [0.2, 0.25) is 0 Å². The molecule has 1 aliphatic heterocycles. The lowest BCUT2D eigenvalue weighted by Gasteiger charge is -2.18. The normalized spacial score (nSPS) is 16.4. The molecule has 5 nitrogen and oxygen atoms in total. The van der Waals surface area contributed by atoms with Gasteiger partial charge in [0.1, 0.15) is 13.2 Å². The predicted molar refractivity (Wildman–Crippen MR) is 82.7 cm³/mol. The maximum absolute atomic E-state index is 12.2. The van der Waals surface area contributed by atoms with Gasteiger partial charge in [-0.15, -0.1) is 11.3 Å². The molecular weight excluding hydrogens is 300 g/mol. The van der Waals surface area contributed by atoms with Gasteiger partial charge >= 0.3 is 0 Å². The van der Waals surface area contributed by atoms with Crippen LogP contribution in [0.15, 0.2) is 23.6 Å². The Morgan fingerprint density at radius 1 is 1.27 bits per heavy atom. The van der Waals surface area contributed by atoms with E-state index in [0.29, 0.717) is 42.7 Å². The lowest BCUT2D eigenvalue weighted by atomic mass is 10.2. The molecule has 1 fully saturated rings. The van der Waals surface area contributed by atoms with Crippen molar-refractivity contribution in [1.29, 1.82) is 0 Å². The van der Waals surface area contributed by atoms with Gasteiger partial charge in [0, 0.05) is 16.9 Å². The number of carbonyl (C=O) groups is 1. The third-order valence-corrected chi connectivity index (χ3v) is 4.79. The fourth-order valence-electron chi connectivity index (χ4n) is 2.38. The number of ether oxygens (including phenoxy) is 2. The number of amides is 1. The van der Waals surface area contributed by atoms with Gasteiger partial charge in [-0.2, -0.15) is 0 Å². The Kier molecular flexibility index (Phi) is 3.46. The number of nitrogens with one attached hydrogen (secondary N) is 1. The molecule has 0 spiro atoms. The van der Waals surface area contributed by atoms with E-state index in [-0.39, 0.29) is 5.91 Å². The standard InChI is InChI=1S/C16H16N2O3S/c19-15(11-3-4-13-14(7-11)21-6-5-20-13)17-8-12-9-22-16(18-12)10-1-2-10/h3-4,7,9-10H,1-2,5-6,8H2,(H,17,19). The van der Waals surface area contributed by atoms with E-state index in [1.807, 2.05) is 5.38 Å². The molecular formula is C16H16N2O3S. The zero-order valence-electron chi connectivity index (χ0n) is 12.0. The van der Waals surface area contributed by atoms with E-state index in [4.69, 9.17) is 9.47 Å². The van der Waals surface area contributed by atoms with Gasteiger partial charge in [-0.1, -0.05) is 0 Å². The quantitative estimate of drug-likeness (QED) is 0.942. The predicted octanol–water partition coefficient (Wildman–Crippen LogP) is 2.72. The van der Waals surface area contributed by atoms with Crippen molar-refractivity contribution in [2.75, 3.05) is 13.2 Å². The number of rotatable bonds is 4. The van der Waals surface area contributed by atoms with Crippen LogP contribution < -0.4 is 14.8 Å².